The number of nitrogens with one attached hydrogen (secondary N) is 1. The highest BCUT2D eigenvalue weighted by Gasteiger charge is 2.30. The average Bonchev–Trinajstić information content (AvgIpc) is 2.98. The Morgan fingerprint density at radius 3 is 2.79 bits per heavy atom. The van der Waals surface area contributed by atoms with Crippen LogP contribution in [0, 0.1) is 0 Å². The van der Waals surface area contributed by atoms with Gasteiger partial charge in [-0.15, -0.1) is 0 Å². The van der Waals surface area contributed by atoms with Crippen LogP contribution in [0.25, 0.3) is 0 Å². The van der Waals surface area contributed by atoms with E-state index in [0.29, 0.717) is 12.6 Å². The van der Waals surface area contributed by atoms with E-state index in [-0.39, 0.29) is 18.3 Å². The number of rotatable bonds is 7. The second-order valence-corrected chi connectivity index (χ2v) is 6.89. The van der Waals surface area contributed by atoms with Gasteiger partial charge in [0.2, 0.25) is 0 Å². The van der Waals surface area contributed by atoms with Crippen LogP contribution in [0.5, 0.6) is 5.75 Å². The lowest BCUT2D eigenvalue weighted by Crippen LogP contribution is -2.34. The van der Waals surface area contributed by atoms with Gasteiger partial charge in [0.25, 0.3) is 5.91 Å². The quantitative estimate of drug-likeness (QED) is 0.723. The van der Waals surface area contributed by atoms with Crippen LogP contribution in [0.2, 0.25) is 0 Å². The molecule has 0 saturated carbocycles. The van der Waals surface area contributed by atoms with Gasteiger partial charge in [0, 0.05) is 24.8 Å². The molecule has 0 saturated heterocycles. The second-order valence-electron chi connectivity index (χ2n) is 6.89. The topological polar surface area (TPSA) is 41.6 Å². The van der Waals surface area contributed by atoms with Gasteiger partial charge in [0.05, 0.1) is 5.56 Å². The van der Waals surface area contributed by atoms with Crippen LogP contribution in [0.4, 0.5) is 18.9 Å². The van der Waals surface area contributed by atoms with E-state index in [4.69, 9.17) is 4.74 Å². The summed E-state index contributed by atoms with van der Waals surface area (Å²) in [5.41, 5.74) is 1.79. The summed E-state index contributed by atoms with van der Waals surface area (Å²) < 4.78 is 43.2. The second kappa shape index (κ2) is 8.54. The van der Waals surface area contributed by atoms with Gasteiger partial charge in [-0.25, -0.2) is 0 Å². The third-order valence-corrected chi connectivity index (χ3v) is 4.78. The number of benzene rings is 2. The number of nitrogens with zero attached hydrogens (tertiary/aromatic N) is 1. The number of fused-ring (bicyclic) bond motifs is 1. The number of carbonyl (C=O) groups is 1. The Balaban J connectivity index is 1.40. The fraction of sp³-hybridized carbons (Fsp3) is 0.381. The first kappa shape index (κ1) is 20.0. The lowest BCUT2D eigenvalue weighted by molar-refractivity contribution is -0.137. The molecule has 7 heteroatoms. The maximum absolute atomic E-state index is 12.7. The van der Waals surface area contributed by atoms with Crippen molar-refractivity contribution in [2.75, 3.05) is 24.6 Å². The molecule has 0 unspecified atom stereocenters. The van der Waals surface area contributed by atoms with Crippen LogP contribution >= 0.6 is 0 Å². The molecule has 2 aromatic carbocycles. The first-order chi connectivity index (χ1) is 13.3. The molecule has 1 heterocycles. The number of amides is 1. The van der Waals surface area contributed by atoms with Crippen molar-refractivity contribution < 1.29 is 22.7 Å². The first-order valence-electron chi connectivity index (χ1n) is 9.26. The minimum Gasteiger partial charge on any atom is -0.484 e. The summed E-state index contributed by atoms with van der Waals surface area (Å²) in [6.07, 6.45) is -2.64. The van der Waals surface area contributed by atoms with E-state index in [1.54, 1.807) is 0 Å². The molecule has 28 heavy (non-hydrogen) atoms. The SMILES string of the molecule is C[C@H]1Cc2ccccc2N1CCCNC(=O)COc1cccc(C(F)(F)F)c1. The van der Waals surface area contributed by atoms with Crippen LogP contribution in [-0.2, 0) is 17.4 Å². The van der Waals surface area contributed by atoms with E-state index in [1.807, 2.05) is 12.1 Å². The standard InChI is InChI=1S/C21H23F3N2O2/c1-15-12-16-6-2-3-9-19(16)26(15)11-5-10-25-20(27)14-28-18-8-4-7-17(13-18)21(22,23)24/h2-4,6-9,13,15H,5,10-12,14H2,1H3,(H,25,27)/t15-/m0/s1. The molecule has 1 amide bonds. The number of anilines is 1. The highest BCUT2D eigenvalue weighted by molar-refractivity contribution is 5.77. The zero-order chi connectivity index (χ0) is 20.1. The zero-order valence-corrected chi connectivity index (χ0v) is 15.6. The van der Waals surface area contributed by atoms with Gasteiger partial charge in [-0.2, -0.15) is 13.2 Å². The van der Waals surface area contributed by atoms with Gasteiger partial charge in [0.1, 0.15) is 5.75 Å². The molecule has 2 aromatic rings. The summed E-state index contributed by atoms with van der Waals surface area (Å²) in [5, 5.41) is 2.75. The Bertz CT molecular complexity index is 823. The van der Waals surface area contributed by atoms with E-state index in [0.717, 1.165) is 31.5 Å². The van der Waals surface area contributed by atoms with Crippen LogP contribution in [0.15, 0.2) is 48.5 Å². The van der Waals surface area contributed by atoms with Gasteiger partial charge in [-0.3, -0.25) is 4.79 Å². The van der Waals surface area contributed by atoms with Crippen LogP contribution in [-0.4, -0.2) is 31.6 Å². The molecule has 150 valence electrons. The van der Waals surface area contributed by atoms with Crippen LogP contribution in [0.3, 0.4) is 0 Å². The summed E-state index contributed by atoms with van der Waals surface area (Å²) in [7, 11) is 0. The lowest BCUT2D eigenvalue weighted by atomic mass is 10.1. The molecule has 0 spiro atoms. The molecule has 0 radical (unpaired) electrons. The Kier molecular flexibility index (Phi) is 6.11. The van der Waals surface area contributed by atoms with Crippen LogP contribution in [0.1, 0.15) is 24.5 Å². The number of halogens is 3. The van der Waals surface area contributed by atoms with Gasteiger partial charge in [-0.05, 0) is 49.6 Å². The monoisotopic (exact) mass is 392 g/mol. The maximum atomic E-state index is 12.7. The van der Waals surface area contributed by atoms with Crippen molar-refractivity contribution in [3.05, 3.63) is 59.7 Å². The highest BCUT2D eigenvalue weighted by atomic mass is 19.4. The van der Waals surface area contributed by atoms with E-state index >= 15 is 0 Å². The molecule has 0 bridgehead atoms. The fourth-order valence-corrected chi connectivity index (χ4v) is 3.41. The van der Waals surface area contributed by atoms with Crippen molar-refractivity contribution >= 4 is 11.6 Å². The number of hydrogen-bond acceptors (Lipinski definition) is 3. The average molecular weight is 392 g/mol. The smallest absolute Gasteiger partial charge is 0.416 e. The Labute approximate surface area is 162 Å². The van der Waals surface area contributed by atoms with Crippen molar-refractivity contribution in [1.82, 2.24) is 5.32 Å². The number of hydrogen-bond donors (Lipinski definition) is 1. The van der Waals surface area contributed by atoms with Crippen LogP contribution < -0.4 is 15.0 Å². The maximum Gasteiger partial charge on any atom is 0.416 e. The molecule has 1 atom stereocenters. The molecule has 3 rings (SSSR count). The number of alkyl halides is 3. The molecule has 0 fully saturated rings. The Hall–Kier alpha value is -2.70. The fourth-order valence-electron chi connectivity index (χ4n) is 3.41. The van der Waals surface area contributed by atoms with Gasteiger partial charge in [-0.1, -0.05) is 24.3 Å². The molecular formula is C21H23F3N2O2. The summed E-state index contributed by atoms with van der Waals surface area (Å²) >= 11 is 0. The summed E-state index contributed by atoms with van der Waals surface area (Å²) in [6.45, 7) is 3.18. The van der Waals surface area contributed by atoms with Crippen molar-refractivity contribution in [1.29, 1.82) is 0 Å². The molecule has 4 nitrogen and oxygen atoms in total. The predicted molar refractivity (Wildman–Crippen MR) is 102 cm³/mol. The summed E-state index contributed by atoms with van der Waals surface area (Å²) in [5.74, 6) is -0.334. The lowest BCUT2D eigenvalue weighted by Gasteiger charge is -2.24. The molecular weight excluding hydrogens is 369 g/mol. The third kappa shape index (κ3) is 4.97. The van der Waals surface area contributed by atoms with Crippen molar-refractivity contribution in [2.45, 2.75) is 32.0 Å². The summed E-state index contributed by atoms with van der Waals surface area (Å²) in [6, 6.07) is 13.2. The molecule has 0 aliphatic carbocycles. The van der Waals surface area contributed by atoms with E-state index in [2.05, 4.69) is 29.3 Å². The number of ether oxygens (including phenoxy) is 1. The predicted octanol–water partition coefficient (Wildman–Crippen LogP) is 4.04. The molecule has 0 aromatic heterocycles. The van der Waals surface area contributed by atoms with E-state index < -0.39 is 11.7 Å². The highest BCUT2D eigenvalue weighted by Crippen LogP contribution is 2.32. The normalized spacial score (nSPS) is 16.0. The minimum atomic E-state index is -4.44. The largest absolute Gasteiger partial charge is 0.484 e. The van der Waals surface area contributed by atoms with Gasteiger partial charge >= 0.3 is 6.18 Å². The van der Waals surface area contributed by atoms with E-state index in [1.165, 1.54) is 23.4 Å². The number of para-hydroxylation sites is 1. The molecule has 1 aliphatic rings. The first-order valence-corrected chi connectivity index (χ1v) is 9.26. The van der Waals surface area contributed by atoms with Crippen molar-refractivity contribution in [2.24, 2.45) is 0 Å². The van der Waals surface area contributed by atoms with Gasteiger partial charge < -0.3 is 15.0 Å². The van der Waals surface area contributed by atoms with Gasteiger partial charge in [0.15, 0.2) is 6.61 Å². The zero-order valence-electron chi connectivity index (χ0n) is 15.6. The van der Waals surface area contributed by atoms with Crippen molar-refractivity contribution in [3.63, 3.8) is 0 Å². The Morgan fingerprint density at radius 1 is 1.21 bits per heavy atom. The molecule has 1 aliphatic heterocycles. The number of carbonyl (C=O) groups excluding carboxylic acids is 1. The Morgan fingerprint density at radius 2 is 2.00 bits per heavy atom. The van der Waals surface area contributed by atoms with Crippen molar-refractivity contribution in [3.8, 4) is 5.75 Å². The van der Waals surface area contributed by atoms with E-state index in [9.17, 15) is 18.0 Å². The molecule has 1 N–H and O–H groups in total. The third-order valence-electron chi connectivity index (χ3n) is 4.78. The minimum absolute atomic E-state index is 0.0208. The summed E-state index contributed by atoms with van der Waals surface area (Å²) in [4.78, 5) is 14.2.